The molecule has 12 heteroatoms. The number of amides is 2. The number of likely N-dealkylation sites (tertiary alicyclic amines) is 1. The van der Waals surface area contributed by atoms with Crippen LogP contribution in [-0.2, 0) is 39.4 Å². The molecule has 4 heterocycles. The van der Waals surface area contributed by atoms with Gasteiger partial charge in [0.25, 0.3) is 17.6 Å². The summed E-state index contributed by atoms with van der Waals surface area (Å²) in [4.78, 5) is 44.5. The van der Waals surface area contributed by atoms with Crippen LogP contribution in [0, 0.1) is 0 Å². The Balaban J connectivity index is 1.50. The van der Waals surface area contributed by atoms with E-state index in [-0.39, 0.29) is 48.3 Å². The number of para-hydroxylation sites is 1. The number of ether oxygens (including phenoxy) is 2. The molecular weight excluding hydrogens is 562 g/mol. The summed E-state index contributed by atoms with van der Waals surface area (Å²) in [6.07, 6.45) is 2.62. The van der Waals surface area contributed by atoms with Crippen LogP contribution in [-0.4, -0.2) is 92.4 Å². The van der Waals surface area contributed by atoms with E-state index in [1.807, 2.05) is 0 Å². The molecule has 6 rings (SSSR count). The molecule has 3 fully saturated rings. The van der Waals surface area contributed by atoms with E-state index in [2.05, 4.69) is 6.58 Å². The van der Waals surface area contributed by atoms with Gasteiger partial charge in [-0.05, 0) is 43.2 Å². The van der Waals surface area contributed by atoms with Crippen LogP contribution in [0.4, 0.5) is 5.69 Å². The molecule has 2 unspecified atom stereocenters. The first-order chi connectivity index (χ1) is 20.2. The molecule has 1 N–H and O–H groups in total. The van der Waals surface area contributed by atoms with Crippen molar-refractivity contribution in [1.29, 1.82) is 0 Å². The standard InChI is InChI=1S/C30H31N3O8S/c1-2-13-32-24-8-4-3-7-23(24)30(29(32)37)25(27(35)28(36)33(30)19-21-6-5-16-41-21)26(34)20-9-11-22(12-10-20)42(38,39)31-14-17-40-18-15-31/h2-4,7-12,21,34H,1,5-6,13-19H2/b26-25+. The lowest BCUT2D eigenvalue weighted by atomic mass is 9.81. The Morgan fingerprint density at radius 1 is 1.05 bits per heavy atom. The van der Waals surface area contributed by atoms with Gasteiger partial charge in [0.2, 0.25) is 10.0 Å². The minimum absolute atomic E-state index is 0.00828. The number of Topliss-reactive ketones (excluding diaryl/α,β-unsaturated/α-hetero) is 1. The lowest BCUT2D eigenvalue weighted by molar-refractivity contribution is -0.145. The molecule has 42 heavy (non-hydrogen) atoms. The Labute approximate surface area is 243 Å². The fraction of sp³-hybridized carbons (Fsp3) is 0.367. The van der Waals surface area contributed by atoms with Gasteiger partial charge in [-0.2, -0.15) is 4.31 Å². The van der Waals surface area contributed by atoms with Crippen molar-refractivity contribution in [3.05, 3.63) is 77.9 Å². The van der Waals surface area contributed by atoms with E-state index in [9.17, 15) is 27.9 Å². The second kappa shape index (κ2) is 10.8. The van der Waals surface area contributed by atoms with Crippen LogP contribution in [0.2, 0.25) is 0 Å². The van der Waals surface area contributed by atoms with Crippen molar-refractivity contribution in [1.82, 2.24) is 9.21 Å². The molecule has 3 saturated heterocycles. The molecule has 0 aliphatic carbocycles. The van der Waals surface area contributed by atoms with Gasteiger partial charge in [0.1, 0.15) is 5.76 Å². The molecule has 2 aromatic rings. The maximum absolute atomic E-state index is 14.4. The fourth-order valence-corrected chi connectivity index (χ4v) is 7.69. The summed E-state index contributed by atoms with van der Waals surface area (Å²) in [6.45, 7) is 5.41. The van der Waals surface area contributed by atoms with E-state index in [4.69, 9.17) is 9.47 Å². The maximum Gasteiger partial charge on any atom is 0.296 e. The van der Waals surface area contributed by atoms with Crippen molar-refractivity contribution >= 4 is 39.1 Å². The number of morpholine rings is 1. The monoisotopic (exact) mass is 593 g/mol. The van der Waals surface area contributed by atoms with Crippen LogP contribution in [0.1, 0.15) is 24.0 Å². The quantitative estimate of drug-likeness (QED) is 0.223. The average molecular weight is 594 g/mol. The van der Waals surface area contributed by atoms with E-state index in [0.29, 0.717) is 37.5 Å². The maximum atomic E-state index is 14.4. The van der Waals surface area contributed by atoms with Gasteiger partial charge in [0.05, 0.1) is 35.5 Å². The highest BCUT2D eigenvalue weighted by atomic mass is 32.2. The summed E-state index contributed by atoms with van der Waals surface area (Å²) < 4.78 is 38.6. The van der Waals surface area contributed by atoms with Crippen molar-refractivity contribution in [3.8, 4) is 0 Å². The predicted molar refractivity (Wildman–Crippen MR) is 152 cm³/mol. The average Bonchev–Trinajstić information content (AvgIpc) is 3.67. The first-order valence-corrected chi connectivity index (χ1v) is 15.3. The smallest absolute Gasteiger partial charge is 0.296 e. The molecule has 1 spiro atoms. The molecule has 220 valence electrons. The Kier molecular flexibility index (Phi) is 7.26. The van der Waals surface area contributed by atoms with Crippen molar-refractivity contribution < 1.29 is 37.4 Å². The zero-order valence-electron chi connectivity index (χ0n) is 22.9. The zero-order valence-corrected chi connectivity index (χ0v) is 23.7. The number of aliphatic hydroxyl groups is 1. The summed E-state index contributed by atoms with van der Waals surface area (Å²) >= 11 is 0. The number of ketones is 1. The molecule has 0 aromatic heterocycles. The number of nitrogens with zero attached hydrogens (tertiary/aromatic N) is 3. The largest absolute Gasteiger partial charge is 0.507 e. The fourth-order valence-electron chi connectivity index (χ4n) is 6.28. The lowest BCUT2D eigenvalue weighted by Crippen LogP contribution is -2.53. The van der Waals surface area contributed by atoms with Crippen LogP contribution in [0.3, 0.4) is 0 Å². The first kappa shape index (κ1) is 28.3. The number of carbonyl (C=O) groups is 3. The highest BCUT2D eigenvalue weighted by Crippen LogP contribution is 2.53. The van der Waals surface area contributed by atoms with Gasteiger partial charge in [-0.25, -0.2) is 8.42 Å². The molecule has 0 saturated carbocycles. The van der Waals surface area contributed by atoms with Gasteiger partial charge in [-0.1, -0.05) is 24.3 Å². The van der Waals surface area contributed by atoms with Crippen molar-refractivity contribution in [2.75, 3.05) is 50.9 Å². The van der Waals surface area contributed by atoms with Gasteiger partial charge >= 0.3 is 0 Å². The van der Waals surface area contributed by atoms with Gasteiger partial charge < -0.3 is 24.4 Å². The van der Waals surface area contributed by atoms with E-state index < -0.39 is 38.9 Å². The third-order valence-corrected chi connectivity index (χ3v) is 10.2. The van der Waals surface area contributed by atoms with Crippen molar-refractivity contribution in [3.63, 3.8) is 0 Å². The Hall–Kier alpha value is -3.84. The molecule has 2 atom stereocenters. The van der Waals surface area contributed by atoms with Crippen LogP contribution >= 0.6 is 0 Å². The first-order valence-electron chi connectivity index (χ1n) is 13.8. The van der Waals surface area contributed by atoms with Crippen LogP contribution in [0.25, 0.3) is 5.76 Å². The highest BCUT2D eigenvalue weighted by molar-refractivity contribution is 7.89. The molecule has 11 nitrogen and oxygen atoms in total. The third-order valence-electron chi connectivity index (χ3n) is 8.27. The number of hydrogen-bond acceptors (Lipinski definition) is 8. The Bertz CT molecular complexity index is 1590. The molecule has 2 amide bonds. The van der Waals surface area contributed by atoms with E-state index in [0.717, 1.165) is 6.42 Å². The predicted octanol–water partition coefficient (Wildman–Crippen LogP) is 2.00. The number of anilines is 1. The summed E-state index contributed by atoms with van der Waals surface area (Å²) in [7, 11) is -3.81. The number of carbonyl (C=O) groups excluding carboxylic acids is 3. The van der Waals surface area contributed by atoms with Gasteiger partial charge in [-0.15, -0.1) is 6.58 Å². The highest BCUT2D eigenvalue weighted by Gasteiger charge is 2.67. The van der Waals surface area contributed by atoms with Crippen LogP contribution in [0.5, 0.6) is 0 Å². The number of hydrogen-bond donors (Lipinski definition) is 1. The van der Waals surface area contributed by atoms with Crippen molar-refractivity contribution in [2.24, 2.45) is 0 Å². The SMILES string of the molecule is C=CCN1C(=O)C2(/C(=C(/O)c3ccc(S(=O)(=O)N4CCOCC4)cc3)C(=O)C(=O)N2CC2CCCO2)c2ccccc21. The van der Waals surface area contributed by atoms with E-state index >= 15 is 0 Å². The molecule has 2 aromatic carbocycles. The molecule has 4 aliphatic heterocycles. The minimum Gasteiger partial charge on any atom is -0.507 e. The van der Waals surface area contributed by atoms with Crippen LogP contribution in [0.15, 0.2) is 71.7 Å². The van der Waals surface area contributed by atoms with Gasteiger partial charge in [0.15, 0.2) is 5.54 Å². The van der Waals surface area contributed by atoms with E-state index in [1.54, 1.807) is 30.3 Å². The number of sulfonamides is 1. The zero-order chi connectivity index (χ0) is 29.6. The Morgan fingerprint density at radius 3 is 2.43 bits per heavy atom. The summed E-state index contributed by atoms with van der Waals surface area (Å²) in [5, 5.41) is 11.7. The van der Waals surface area contributed by atoms with E-state index in [1.165, 1.54) is 38.4 Å². The number of aliphatic hydroxyl groups excluding tert-OH is 1. The van der Waals surface area contributed by atoms with Crippen LogP contribution < -0.4 is 4.90 Å². The second-order valence-corrected chi connectivity index (χ2v) is 12.5. The molecular formula is C30H31N3O8S. The number of rotatable bonds is 7. The molecule has 4 aliphatic rings. The summed E-state index contributed by atoms with van der Waals surface area (Å²) in [6, 6.07) is 12.3. The normalized spacial score (nSPS) is 25.9. The Morgan fingerprint density at radius 2 is 1.76 bits per heavy atom. The molecule has 0 radical (unpaired) electrons. The second-order valence-electron chi connectivity index (χ2n) is 10.6. The summed E-state index contributed by atoms with van der Waals surface area (Å²) in [5.74, 6) is -3.04. The topological polar surface area (TPSA) is 134 Å². The lowest BCUT2D eigenvalue weighted by Gasteiger charge is -2.35. The summed E-state index contributed by atoms with van der Waals surface area (Å²) in [5.41, 5.74) is -1.31. The minimum atomic E-state index is -3.81. The van der Waals surface area contributed by atoms with Crippen molar-refractivity contribution in [2.45, 2.75) is 29.4 Å². The molecule has 0 bridgehead atoms. The number of fused-ring (bicyclic) bond motifs is 2. The number of benzene rings is 2. The van der Waals surface area contributed by atoms with Gasteiger partial charge in [0, 0.05) is 43.9 Å². The third kappa shape index (κ3) is 4.20. The van der Waals surface area contributed by atoms with Gasteiger partial charge in [-0.3, -0.25) is 14.4 Å².